The summed E-state index contributed by atoms with van der Waals surface area (Å²) in [6.07, 6.45) is 9.20. The third-order valence-corrected chi connectivity index (χ3v) is 7.69. The minimum absolute atomic E-state index is 0.0301. The Hall–Kier alpha value is -2.39. The summed E-state index contributed by atoms with van der Waals surface area (Å²) in [5, 5.41) is 1.13. The van der Waals surface area contributed by atoms with Crippen LogP contribution in [0.25, 0.3) is 10.9 Å². The molecule has 1 atom stereocenters. The van der Waals surface area contributed by atoms with E-state index in [-0.39, 0.29) is 5.56 Å². The van der Waals surface area contributed by atoms with Gasteiger partial charge in [-0.1, -0.05) is 61.7 Å². The predicted molar refractivity (Wildman–Crippen MR) is 129 cm³/mol. The van der Waals surface area contributed by atoms with E-state index < -0.39 is 0 Å². The van der Waals surface area contributed by atoms with Crippen LogP contribution in [0.4, 0.5) is 0 Å². The molecule has 1 aromatic heterocycles. The van der Waals surface area contributed by atoms with Crippen molar-refractivity contribution in [1.29, 1.82) is 0 Å². The van der Waals surface area contributed by atoms with E-state index in [2.05, 4.69) is 58.4 Å². The lowest BCUT2D eigenvalue weighted by molar-refractivity contribution is 0.0901. The summed E-state index contributed by atoms with van der Waals surface area (Å²) in [4.78, 5) is 18.1. The monoisotopic (exact) mass is 414 g/mol. The largest absolute Gasteiger partial charge is 0.322 e. The maximum absolute atomic E-state index is 12.2. The molecule has 3 aromatic rings. The number of likely N-dealkylation sites (tertiary alicyclic amines) is 1. The van der Waals surface area contributed by atoms with E-state index in [0.29, 0.717) is 12.0 Å². The number of piperidine rings is 1. The van der Waals surface area contributed by atoms with Crippen molar-refractivity contribution in [2.75, 3.05) is 13.1 Å². The first-order chi connectivity index (χ1) is 15.2. The number of H-pyrrole nitrogens is 1. The van der Waals surface area contributed by atoms with Crippen LogP contribution in [-0.2, 0) is 0 Å². The van der Waals surface area contributed by atoms with Gasteiger partial charge in [-0.3, -0.25) is 9.69 Å². The number of fused-ring (bicyclic) bond motifs is 1. The van der Waals surface area contributed by atoms with Crippen molar-refractivity contribution < 1.29 is 0 Å². The van der Waals surface area contributed by atoms with Gasteiger partial charge < -0.3 is 4.98 Å². The second kappa shape index (κ2) is 9.00. The summed E-state index contributed by atoms with van der Waals surface area (Å²) in [5.41, 5.74) is 4.68. The molecule has 1 saturated carbocycles. The lowest BCUT2D eigenvalue weighted by Crippen LogP contribution is -2.40. The standard InChI is InChI=1S/C28H34N2O/c1-20-18-24-12-13-25(19-26(24)29-28(20)31)27(23-10-6-3-7-11-23)30-16-14-22(15-17-30)21-8-4-2-5-9-21/h2,4-5,8-9,12-13,18-19,22-23,27H,3,6-7,10-11,14-17H2,1H3,(H,29,31). The van der Waals surface area contributed by atoms with Gasteiger partial charge in [0.1, 0.15) is 0 Å². The van der Waals surface area contributed by atoms with Crippen LogP contribution in [0.5, 0.6) is 0 Å². The van der Waals surface area contributed by atoms with E-state index in [0.717, 1.165) is 35.5 Å². The molecule has 1 unspecified atom stereocenters. The van der Waals surface area contributed by atoms with E-state index in [1.54, 1.807) is 0 Å². The fourth-order valence-electron chi connectivity index (χ4n) is 5.98. The highest BCUT2D eigenvalue weighted by atomic mass is 16.1. The topological polar surface area (TPSA) is 36.1 Å². The number of nitrogens with one attached hydrogen (secondary N) is 1. The van der Waals surface area contributed by atoms with Gasteiger partial charge in [0, 0.05) is 17.1 Å². The van der Waals surface area contributed by atoms with Crippen molar-refractivity contribution in [2.45, 2.75) is 63.8 Å². The summed E-state index contributed by atoms with van der Waals surface area (Å²) in [6.45, 7) is 4.19. The van der Waals surface area contributed by atoms with Crippen LogP contribution < -0.4 is 5.56 Å². The molecule has 1 aliphatic carbocycles. The Morgan fingerprint density at radius 1 is 0.903 bits per heavy atom. The second-order valence-corrected chi connectivity index (χ2v) is 9.69. The summed E-state index contributed by atoms with van der Waals surface area (Å²) >= 11 is 0. The molecule has 0 radical (unpaired) electrons. The zero-order chi connectivity index (χ0) is 21.2. The molecule has 1 N–H and O–H groups in total. The molecule has 5 rings (SSSR count). The second-order valence-electron chi connectivity index (χ2n) is 9.69. The third kappa shape index (κ3) is 4.34. The van der Waals surface area contributed by atoms with Crippen molar-refractivity contribution in [2.24, 2.45) is 5.92 Å². The quantitative estimate of drug-likeness (QED) is 0.541. The minimum atomic E-state index is 0.0301. The number of pyridine rings is 1. The van der Waals surface area contributed by atoms with Gasteiger partial charge in [-0.25, -0.2) is 0 Å². The molecule has 2 aliphatic rings. The smallest absolute Gasteiger partial charge is 0.251 e. The van der Waals surface area contributed by atoms with Crippen LogP contribution in [-0.4, -0.2) is 23.0 Å². The molecule has 0 bridgehead atoms. The van der Waals surface area contributed by atoms with Crippen molar-refractivity contribution in [3.63, 3.8) is 0 Å². The SMILES string of the molecule is Cc1cc2ccc(C(C3CCCCC3)N3CCC(c4ccccc4)CC3)cc2[nH]c1=O. The number of nitrogens with zero attached hydrogens (tertiary/aromatic N) is 1. The maximum Gasteiger partial charge on any atom is 0.251 e. The number of aromatic amines is 1. The average Bonchev–Trinajstić information content (AvgIpc) is 2.82. The Kier molecular flexibility index (Phi) is 5.95. The number of rotatable bonds is 4. The molecule has 31 heavy (non-hydrogen) atoms. The molecule has 3 heteroatoms. The van der Waals surface area contributed by atoms with Crippen LogP contribution in [0.1, 0.15) is 73.6 Å². The number of aryl methyl sites for hydroxylation is 1. The highest BCUT2D eigenvalue weighted by molar-refractivity contribution is 5.79. The summed E-state index contributed by atoms with van der Waals surface area (Å²) < 4.78 is 0. The van der Waals surface area contributed by atoms with Gasteiger partial charge in [-0.2, -0.15) is 0 Å². The number of benzene rings is 2. The fraction of sp³-hybridized carbons (Fsp3) is 0.464. The molecule has 162 valence electrons. The van der Waals surface area contributed by atoms with Crippen molar-refractivity contribution in [3.8, 4) is 0 Å². The van der Waals surface area contributed by atoms with Crippen molar-refractivity contribution in [3.05, 3.63) is 81.6 Å². The van der Waals surface area contributed by atoms with Crippen LogP contribution in [0.3, 0.4) is 0 Å². The average molecular weight is 415 g/mol. The Labute approximate surface area is 185 Å². The summed E-state index contributed by atoms with van der Waals surface area (Å²) in [5.74, 6) is 1.40. The predicted octanol–water partition coefficient (Wildman–Crippen LogP) is 6.34. The highest BCUT2D eigenvalue weighted by Gasteiger charge is 2.33. The zero-order valence-electron chi connectivity index (χ0n) is 18.6. The molecule has 0 amide bonds. The van der Waals surface area contributed by atoms with Gasteiger partial charge in [0.25, 0.3) is 5.56 Å². The van der Waals surface area contributed by atoms with E-state index in [1.807, 2.05) is 13.0 Å². The molecule has 1 aliphatic heterocycles. The van der Waals surface area contributed by atoms with Crippen molar-refractivity contribution in [1.82, 2.24) is 9.88 Å². The van der Waals surface area contributed by atoms with Gasteiger partial charge in [0.15, 0.2) is 0 Å². The molecule has 2 fully saturated rings. The first kappa shape index (κ1) is 20.5. The van der Waals surface area contributed by atoms with Crippen molar-refractivity contribution >= 4 is 10.9 Å². The molecule has 0 spiro atoms. The Morgan fingerprint density at radius 2 is 1.65 bits per heavy atom. The summed E-state index contributed by atoms with van der Waals surface area (Å²) in [6, 6.07) is 20.3. The van der Waals surface area contributed by atoms with Gasteiger partial charge in [-0.15, -0.1) is 0 Å². The molecule has 3 nitrogen and oxygen atoms in total. The fourth-order valence-corrected chi connectivity index (χ4v) is 5.98. The number of aromatic nitrogens is 1. The molecule has 2 aromatic carbocycles. The Bertz CT molecular complexity index is 1070. The van der Waals surface area contributed by atoms with Crippen LogP contribution in [0, 0.1) is 12.8 Å². The minimum Gasteiger partial charge on any atom is -0.322 e. The summed E-state index contributed by atoms with van der Waals surface area (Å²) in [7, 11) is 0. The lowest BCUT2D eigenvalue weighted by atomic mass is 9.78. The van der Waals surface area contributed by atoms with E-state index >= 15 is 0 Å². The number of hydrogen-bond donors (Lipinski definition) is 1. The lowest BCUT2D eigenvalue weighted by Gasteiger charge is -2.43. The van der Waals surface area contributed by atoms with E-state index in [4.69, 9.17) is 0 Å². The van der Waals surface area contributed by atoms with Crippen LogP contribution in [0.2, 0.25) is 0 Å². The van der Waals surface area contributed by atoms with Crippen LogP contribution in [0.15, 0.2) is 59.4 Å². The molecule has 2 heterocycles. The first-order valence-corrected chi connectivity index (χ1v) is 12.1. The molecular weight excluding hydrogens is 380 g/mol. The Balaban J connectivity index is 1.43. The van der Waals surface area contributed by atoms with E-state index in [9.17, 15) is 4.79 Å². The highest BCUT2D eigenvalue weighted by Crippen LogP contribution is 2.41. The zero-order valence-corrected chi connectivity index (χ0v) is 18.6. The Morgan fingerprint density at radius 3 is 2.39 bits per heavy atom. The molecular formula is C28H34N2O. The van der Waals surface area contributed by atoms with Gasteiger partial charge in [0.05, 0.1) is 0 Å². The first-order valence-electron chi connectivity index (χ1n) is 12.1. The third-order valence-electron chi connectivity index (χ3n) is 7.69. The van der Waals surface area contributed by atoms with Gasteiger partial charge in [-0.05, 0) is 86.2 Å². The van der Waals surface area contributed by atoms with Gasteiger partial charge >= 0.3 is 0 Å². The van der Waals surface area contributed by atoms with Crippen LogP contribution >= 0.6 is 0 Å². The molecule has 1 saturated heterocycles. The van der Waals surface area contributed by atoms with E-state index in [1.165, 1.54) is 56.1 Å². The maximum atomic E-state index is 12.2. The number of hydrogen-bond acceptors (Lipinski definition) is 2. The van der Waals surface area contributed by atoms with Gasteiger partial charge in [0.2, 0.25) is 0 Å². The normalized spacial score (nSPS) is 20.2.